The van der Waals surface area contributed by atoms with Crippen molar-refractivity contribution in [3.05, 3.63) is 54.5 Å². The van der Waals surface area contributed by atoms with Crippen LogP contribution >= 0.6 is 0 Å². The lowest BCUT2D eigenvalue weighted by molar-refractivity contribution is 0.0838. The number of rotatable bonds is 10. The first-order chi connectivity index (χ1) is 18.5. The van der Waals surface area contributed by atoms with Crippen LogP contribution in [0.25, 0.3) is 22.2 Å². The van der Waals surface area contributed by atoms with Crippen molar-refractivity contribution in [1.29, 1.82) is 0 Å². The number of nitrogens with zero attached hydrogens (tertiary/aromatic N) is 5. The minimum atomic E-state index is -0.952. The zero-order valence-electron chi connectivity index (χ0n) is 21.2. The molecule has 5 rings (SSSR count). The largest absolute Gasteiger partial charge is 0.487 e. The zero-order valence-corrected chi connectivity index (χ0v) is 21.2. The van der Waals surface area contributed by atoms with Gasteiger partial charge in [0, 0.05) is 42.5 Å². The monoisotopic (exact) mass is 526 g/mol. The standard InChI is InChI=1S/C27H32F2N6O3/c1-2-30-25-12-23-21(14-31-25)27(17-13-32-34(15-17)11-10-19(37)16-36)33-35(23)18-6-8-20(9-7-18)38-24-5-3-4-22(28)26(24)29/h3-5,12-15,18-20,36-37H,2,6-11,16H2,1H3,(H,30,31)/t18?,19-,20?/m1/s1. The highest BCUT2D eigenvalue weighted by molar-refractivity contribution is 5.93. The Morgan fingerprint density at radius 2 is 2.00 bits per heavy atom. The Morgan fingerprint density at radius 3 is 2.76 bits per heavy atom. The van der Waals surface area contributed by atoms with Gasteiger partial charge in [-0.3, -0.25) is 9.36 Å². The summed E-state index contributed by atoms with van der Waals surface area (Å²) in [5.74, 6) is -1.15. The molecule has 0 radical (unpaired) electrons. The van der Waals surface area contributed by atoms with Crippen molar-refractivity contribution in [2.24, 2.45) is 0 Å². The molecule has 0 unspecified atom stereocenters. The number of aliphatic hydroxyl groups excluding tert-OH is 2. The molecular weight excluding hydrogens is 494 g/mol. The molecular formula is C27H32F2N6O3. The third-order valence-corrected chi connectivity index (χ3v) is 6.96. The molecule has 3 aromatic heterocycles. The number of aromatic nitrogens is 5. The molecule has 38 heavy (non-hydrogen) atoms. The summed E-state index contributed by atoms with van der Waals surface area (Å²) in [5.41, 5.74) is 2.56. The van der Waals surface area contributed by atoms with Gasteiger partial charge in [0.2, 0.25) is 5.82 Å². The van der Waals surface area contributed by atoms with Crippen molar-refractivity contribution < 1.29 is 23.7 Å². The highest BCUT2D eigenvalue weighted by Gasteiger charge is 2.28. The molecule has 1 atom stereocenters. The van der Waals surface area contributed by atoms with Crippen LogP contribution in [-0.4, -0.2) is 60.1 Å². The second kappa shape index (κ2) is 11.4. The van der Waals surface area contributed by atoms with E-state index in [2.05, 4.69) is 15.4 Å². The number of pyridine rings is 1. The fraction of sp³-hybridized carbons (Fsp3) is 0.444. The van der Waals surface area contributed by atoms with Crippen LogP contribution < -0.4 is 10.1 Å². The van der Waals surface area contributed by atoms with Gasteiger partial charge in [-0.2, -0.15) is 14.6 Å². The molecule has 0 aliphatic heterocycles. The third kappa shape index (κ3) is 5.48. The van der Waals surface area contributed by atoms with E-state index in [0.29, 0.717) is 25.8 Å². The molecule has 4 aromatic rings. The number of aliphatic hydroxyl groups is 2. The van der Waals surface area contributed by atoms with E-state index in [0.717, 1.165) is 53.4 Å². The molecule has 1 saturated carbocycles. The van der Waals surface area contributed by atoms with Crippen LogP contribution in [0.15, 0.2) is 42.9 Å². The molecule has 9 nitrogen and oxygen atoms in total. The van der Waals surface area contributed by atoms with Gasteiger partial charge in [0.05, 0.1) is 36.6 Å². The average molecular weight is 527 g/mol. The maximum atomic E-state index is 14.1. The van der Waals surface area contributed by atoms with E-state index in [1.54, 1.807) is 10.9 Å². The molecule has 0 amide bonds. The highest BCUT2D eigenvalue weighted by Crippen LogP contribution is 2.37. The van der Waals surface area contributed by atoms with Gasteiger partial charge in [-0.25, -0.2) is 9.37 Å². The van der Waals surface area contributed by atoms with Crippen LogP contribution in [-0.2, 0) is 6.54 Å². The summed E-state index contributed by atoms with van der Waals surface area (Å²) in [5, 5.41) is 32.3. The molecule has 11 heteroatoms. The number of halogens is 2. The van der Waals surface area contributed by atoms with E-state index < -0.39 is 17.7 Å². The number of fused-ring (bicyclic) bond motifs is 1. The Kier molecular flexibility index (Phi) is 7.85. The molecule has 0 bridgehead atoms. The van der Waals surface area contributed by atoms with Gasteiger partial charge in [0.1, 0.15) is 11.5 Å². The van der Waals surface area contributed by atoms with Gasteiger partial charge in [-0.15, -0.1) is 0 Å². The Labute approximate surface area is 219 Å². The van der Waals surface area contributed by atoms with Gasteiger partial charge in [0.25, 0.3) is 0 Å². The fourth-order valence-electron chi connectivity index (χ4n) is 4.94. The Morgan fingerprint density at radius 1 is 1.18 bits per heavy atom. The lowest BCUT2D eigenvalue weighted by Crippen LogP contribution is -2.26. The van der Waals surface area contributed by atoms with Crippen molar-refractivity contribution in [1.82, 2.24) is 24.5 Å². The van der Waals surface area contributed by atoms with Gasteiger partial charge in [-0.05, 0) is 51.2 Å². The number of nitrogens with one attached hydrogen (secondary N) is 1. The molecule has 3 N–H and O–H groups in total. The fourth-order valence-corrected chi connectivity index (χ4v) is 4.94. The number of hydrogen-bond acceptors (Lipinski definition) is 7. The number of benzene rings is 1. The summed E-state index contributed by atoms with van der Waals surface area (Å²) in [6.45, 7) is 2.94. The number of ether oxygens (including phenoxy) is 1. The van der Waals surface area contributed by atoms with Gasteiger partial charge in [0.15, 0.2) is 11.6 Å². The van der Waals surface area contributed by atoms with E-state index >= 15 is 0 Å². The quantitative estimate of drug-likeness (QED) is 0.282. The predicted octanol–water partition coefficient (Wildman–Crippen LogP) is 4.31. The van der Waals surface area contributed by atoms with E-state index in [1.165, 1.54) is 12.1 Å². The topological polar surface area (TPSA) is 110 Å². The molecule has 1 fully saturated rings. The maximum absolute atomic E-state index is 14.1. The van der Waals surface area contributed by atoms with E-state index in [1.807, 2.05) is 30.1 Å². The van der Waals surface area contributed by atoms with Crippen molar-refractivity contribution in [2.45, 2.75) is 63.8 Å². The van der Waals surface area contributed by atoms with Crippen molar-refractivity contribution in [3.63, 3.8) is 0 Å². The van der Waals surface area contributed by atoms with Crippen LogP contribution in [0, 0.1) is 11.6 Å². The maximum Gasteiger partial charge on any atom is 0.200 e. The molecule has 0 saturated heterocycles. The SMILES string of the molecule is CCNc1cc2c(cn1)c(-c1cnn(CC[C@@H](O)CO)c1)nn2C1CCC(Oc2cccc(F)c2F)CC1. The predicted molar refractivity (Wildman–Crippen MR) is 139 cm³/mol. The molecule has 1 aromatic carbocycles. The van der Waals surface area contributed by atoms with Crippen molar-refractivity contribution >= 4 is 16.7 Å². The molecule has 1 aliphatic rings. The summed E-state index contributed by atoms with van der Waals surface area (Å²) in [6, 6.07) is 6.09. The summed E-state index contributed by atoms with van der Waals surface area (Å²) in [4.78, 5) is 4.55. The Balaban J connectivity index is 1.38. The van der Waals surface area contributed by atoms with Crippen LogP contribution in [0.5, 0.6) is 5.75 Å². The summed E-state index contributed by atoms with van der Waals surface area (Å²) >= 11 is 0. The second-order valence-corrected chi connectivity index (χ2v) is 9.63. The molecule has 1 aliphatic carbocycles. The summed E-state index contributed by atoms with van der Waals surface area (Å²) < 4.78 is 37.3. The number of anilines is 1. The second-order valence-electron chi connectivity index (χ2n) is 9.63. The first-order valence-electron chi connectivity index (χ1n) is 13.0. The van der Waals surface area contributed by atoms with Gasteiger partial charge >= 0.3 is 0 Å². The van der Waals surface area contributed by atoms with Crippen LogP contribution in [0.2, 0.25) is 0 Å². The van der Waals surface area contributed by atoms with Crippen molar-refractivity contribution in [3.8, 4) is 17.0 Å². The molecule has 0 spiro atoms. The van der Waals surface area contributed by atoms with E-state index in [4.69, 9.17) is 14.9 Å². The van der Waals surface area contributed by atoms with Crippen molar-refractivity contribution in [2.75, 3.05) is 18.5 Å². The normalized spacial score (nSPS) is 18.6. The van der Waals surface area contributed by atoms with Crippen LogP contribution in [0.4, 0.5) is 14.6 Å². The van der Waals surface area contributed by atoms with E-state index in [-0.39, 0.29) is 24.5 Å². The highest BCUT2D eigenvalue weighted by atomic mass is 19.2. The van der Waals surface area contributed by atoms with Gasteiger partial charge < -0.3 is 20.3 Å². The summed E-state index contributed by atoms with van der Waals surface area (Å²) in [7, 11) is 0. The first-order valence-corrected chi connectivity index (χ1v) is 13.0. The number of aryl methyl sites for hydroxylation is 1. The number of hydrogen-bond donors (Lipinski definition) is 3. The van der Waals surface area contributed by atoms with E-state index in [9.17, 15) is 13.9 Å². The minimum absolute atomic E-state index is 0.0508. The minimum Gasteiger partial charge on any atom is -0.487 e. The van der Waals surface area contributed by atoms with Crippen LogP contribution in [0.1, 0.15) is 45.1 Å². The average Bonchev–Trinajstić information content (AvgIpc) is 3.55. The smallest absolute Gasteiger partial charge is 0.200 e. The Hall–Kier alpha value is -3.57. The lowest BCUT2D eigenvalue weighted by Gasteiger charge is -2.29. The third-order valence-electron chi connectivity index (χ3n) is 6.96. The van der Waals surface area contributed by atoms with Gasteiger partial charge in [-0.1, -0.05) is 6.07 Å². The van der Waals surface area contributed by atoms with Crippen LogP contribution in [0.3, 0.4) is 0 Å². The zero-order chi connectivity index (χ0) is 26.6. The molecule has 202 valence electrons. The Bertz CT molecular complexity index is 1380. The molecule has 3 heterocycles. The summed E-state index contributed by atoms with van der Waals surface area (Å²) in [6.07, 6.45) is 7.78. The lowest BCUT2D eigenvalue weighted by atomic mass is 9.93. The first kappa shape index (κ1) is 26.1.